The fourth-order valence-electron chi connectivity index (χ4n) is 3.50. The number of amides is 1. The van der Waals surface area contributed by atoms with Crippen molar-refractivity contribution in [1.29, 1.82) is 0 Å². The summed E-state index contributed by atoms with van der Waals surface area (Å²) in [6.07, 6.45) is -0.411. The van der Waals surface area contributed by atoms with Crippen molar-refractivity contribution in [2.45, 2.75) is 18.8 Å². The number of alkyl halides is 2. The molecule has 1 N–H and O–H groups in total. The third-order valence-corrected chi connectivity index (χ3v) is 5.12. The normalized spacial score (nSPS) is 15.7. The summed E-state index contributed by atoms with van der Waals surface area (Å²) in [5.74, 6) is -0.194. The van der Waals surface area contributed by atoms with Crippen molar-refractivity contribution in [3.05, 3.63) is 82.3 Å². The lowest BCUT2D eigenvalue weighted by molar-refractivity contribution is 0.0818. The van der Waals surface area contributed by atoms with Gasteiger partial charge in [0, 0.05) is 24.4 Å². The quantitative estimate of drug-likeness (QED) is 0.606. The minimum atomic E-state index is -2.67. The zero-order valence-corrected chi connectivity index (χ0v) is 17.0. The van der Waals surface area contributed by atoms with Crippen LogP contribution in [0.1, 0.15) is 28.3 Å². The van der Waals surface area contributed by atoms with Gasteiger partial charge in [-0.3, -0.25) is 9.59 Å². The minimum Gasteiger partial charge on any atom is -0.485 e. The second kappa shape index (κ2) is 9.69. The van der Waals surface area contributed by atoms with Crippen LogP contribution >= 0.6 is 0 Å². The third-order valence-electron chi connectivity index (χ3n) is 5.12. The molecule has 1 saturated heterocycles. The lowest BCUT2D eigenvalue weighted by Crippen LogP contribution is -2.30. The molecule has 1 atom stereocenters. The van der Waals surface area contributed by atoms with Crippen molar-refractivity contribution >= 4 is 11.6 Å². The van der Waals surface area contributed by atoms with Gasteiger partial charge in [-0.05, 0) is 42.3 Å². The third kappa shape index (κ3) is 4.83. The molecule has 0 bridgehead atoms. The van der Waals surface area contributed by atoms with Crippen LogP contribution in [-0.4, -0.2) is 41.9 Å². The molecule has 7 nitrogen and oxygen atoms in total. The summed E-state index contributed by atoms with van der Waals surface area (Å²) in [4.78, 5) is 25.7. The first-order chi connectivity index (χ1) is 15.5. The number of aromatic nitrogens is 2. The van der Waals surface area contributed by atoms with E-state index >= 15 is 0 Å². The molecule has 2 aromatic carbocycles. The van der Waals surface area contributed by atoms with Crippen molar-refractivity contribution in [3.8, 4) is 11.4 Å². The second-order valence-corrected chi connectivity index (χ2v) is 7.27. The van der Waals surface area contributed by atoms with Gasteiger partial charge >= 0.3 is 0 Å². The van der Waals surface area contributed by atoms with Crippen molar-refractivity contribution in [3.63, 3.8) is 0 Å². The molecular weight excluding hydrogens is 420 g/mol. The maximum Gasteiger partial charge on any atom is 0.284 e. The van der Waals surface area contributed by atoms with E-state index in [-0.39, 0.29) is 17.0 Å². The number of nitrogens with zero attached hydrogens (tertiary/aromatic N) is 2. The Labute approximate surface area is 182 Å². The van der Waals surface area contributed by atoms with Crippen LogP contribution in [0.4, 0.5) is 14.5 Å². The molecule has 0 spiro atoms. The van der Waals surface area contributed by atoms with E-state index in [9.17, 15) is 18.4 Å². The first-order valence-electron chi connectivity index (χ1n) is 10.1. The highest BCUT2D eigenvalue weighted by molar-refractivity contribution is 6.04. The Morgan fingerprint density at radius 3 is 2.69 bits per heavy atom. The largest absolute Gasteiger partial charge is 0.485 e. The Hall–Kier alpha value is -3.59. The molecule has 1 unspecified atom stereocenters. The summed E-state index contributed by atoms with van der Waals surface area (Å²) in [5.41, 5.74) is 0.999. The maximum atomic E-state index is 12.9. The molecule has 166 valence electrons. The van der Waals surface area contributed by atoms with Crippen LogP contribution in [0.15, 0.2) is 65.6 Å². The Morgan fingerprint density at radius 2 is 1.97 bits per heavy atom. The predicted octanol–water partition coefficient (Wildman–Crippen LogP) is 3.63. The van der Waals surface area contributed by atoms with Crippen molar-refractivity contribution in [2.24, 2.45) is 0 Å². The Bertz CT molecular complexity index is 1140. The van der Waals surface area contributed by atoms with Crippen molar-refractivity contribution in [1.82, 2.24) is 9.78 Å². The number of ether oxygens (including phenoxy) is 2. The molecule has 1 aliphatic heterocycles. The molecule has 2 heterocycles. The first kappa shape index (κ1) is 21.6. The molecule has 0 radical (unpaired) electrons. The molecule has 1 amide bonds. The number of nitrogens with one attached hydrogen (secondary N) is 1. The van der Waals surface area contributed by atoms with Crippen LogP contribution in [0, 0.1) is 0 Å². The molecule has 3 aromatic rings. The van der Waals surface area contributed by atoms with E-state index < -0.39 is 24.5 Å². The van der Waals surface area contributed by atoms with Gasteiger partial charge in [0.05, 0.1) is 6.61 Å². The number of halogens is 2. The Balaban J connectivity index is 1.55. The lowest BCUT2D eigenvalue weighted by Gasteiger charge is -2.13. The zero-order chi connectivity index (χ0) is 22.5. The highest BCUT2D eigenvalue weighted by Crippen LogP contribution is 2.26. The molecular formula is C23H21F2N3O4. The summed E-state index contributed by atoms with van der Waals surface area (Å²) >= 11 is 0. The Morgan fingerprint density at radius 1 is 1.19 bits per heavy atom. The first-order valence-corrected chi connectivity index (χ1v) is 10.1. The minimum absolute atomic E-state index is 0.0615. The standard InChI is InChI=1S/C23H21F2N3O4/c24-21(25)14-32-20-4-2-1-3-19(20)28-23(30)18(9-11-26-28)22(29)27-17-7-5-15(6-8-17)16-10-12-31-13-16/h1-9,11,16,21H,10,12-14H2,(H,27,29). The fourth-order valence-corrected chi connectivity index (χ4v) is 3.50. The van der Waals surface area contributed by atoms with Crippen LogP contribution in [0.5, 0.6) is 5.75 Å². The smallest absolute Gasteiger partial charge is 0.284 e. The van der Waals surface area contributed by atoms with Crippen LogP contribution in [0.2, 0.25) is 0 Å². The van der Waals surface area contributed by atoms with Gasteiger partial charge < -0.3 is 14.8 Å². The lowest BCUT2D eigenvalue weighted by atomic mass is 9.98. The average Bonchev–Trinajstić information content (AvgIpc) is 3.33. The molecule has 9 heteroatoms. The number of hydrogen-bond donors (Lipinski definition) is 1. The van der Waals surface area contributed by atoms with E-state index in [0.717, 1.165) is 23.3 Å². The molecule has 1 aromatic heterocycles. The number of carbonyl (C=O) groups is 1. The van der Waals surface area contributed by atoms with Crippen molar-refractivity contribution in [2.75, 3.05) is 25.1 Å². The molecule has 32 heavy (non-hydrogen) atoms. The summed E-state index contributed by atoms with van der Waals surface area (Å²) < 4.78 is 36.6. The van der Waals surface area contributed by atoms with E-state index in [0.29, 0.717) is 18.2 Å². The van der Waals surface area contributed by atoms with E-state index in [1.54, 1.807) is 24.3 Å². The molecule has 0 saturated carbocycles. The summed E-state index contributed by atoms with van der Waals surface area (Å²) in [6.45, 7) is 0.605. The monoisotopic (exact) mass is 441 g/mol. The fraction of sp³-hybridized carbons (Fsp3) is 0.261. The van der Waals surface area contributed by atoms with E-state index in [1.807, 2.05) is 12.1 Å². The average molecular weight is 441 g/mol. The van der Waals surface area contributed by atoms with Gasteiger partial charge in [0.1, 0.15) is 23.6 Å². The highest BCUT2D eigenvalue weighted by atomic mass is 19.3. The van der Waals surface area contributed by atoms with Crippen molar-refractivity contribution < 1.29 is 23.0 Å². The van der Waals surface area contributed by atoms with Gasteiger partial charge in [-0.15, -0.1) is 0 Å². The van der Waals surface area contributed by atoms with Gasteiger partial charge in [-0.2, -0.15) is 9.78 Å². The van der Waals surface area contributed by atoms with E-state index in [1.165, 1.54) is 24.4 Å². The van der Waals surface area contributed by atoms with Crippen LogP contribution in [0.3, 0.4) is 0 Å². The van der Waals surface area contributed by atoms with E-state index in [2.05, 4.69) is 10.4 Å². The zero-order valence-electron chi connectivity index (χ0n) is 17.0. The number of rotatable bonds is 7. The molecule has 1 fully saturated rings. The van der Waals surface area contributed by atoms with Gasteiger partial charge in [0.25, 0.3) is 17.9 Å². The maximum absolute atomic E-state index is 12.9. The number of anilines is 1. The number of benzene rings is 2. The van der Waals surface area contributed by atoms with Gasteiger partial charge in [0.15, 0.2) is 0 Å². The molecule has 0 aliphatic carbocycles. The second-order valence-electron chi connectivity index (χ2n) is 7.27. The highest BCUT2D eigenvalue weighted by Gasteiger charge is 2.19. The van der Waals surface area contributed by atoms with Gasteiger partial charge in [-0.1, -0.05) is 24.3 Å². The predicted molar refractivity (Wildman–Crippen MR) is 114 cm³/mol. The number of para-hydroxylation sites is 2. The SMILES string of the molecule is O=C(Nc1ccc(C2CCOC2)cc1)c1ccnn(-c2ccccc2OCC(F)F)c1=O. The molecule has 1 aliphatic rings. The van der Waals surface area contributed by atoms with Crippen LogP contribution in [0.25, 0.3) is 5.69 Å². The van der Waals surface area contributed by atoms with Gasteiger partial charge in [-0.25, -0.2) is 8.78 Å². The number of hydrogen-bond acceptors (Lipinski definition) is 5. The van der Waals surface area contributed by atoms with Gasteiger partial charge in [0.2, 0.25) is 0 Å². The topological polar surface area (TPSA) is 82.4 Å². The molecule has 4 rings (SSSR count). The van der Waals surface area contributed by atoms with Crippen LogP contribution < -0.4 is 15.6 Å². The summed E-state index contributed by atoms with van der Waals surface area (Å²) in [7, 11) is 0. The Kier molecular flexibility index (Phi) is 6.55. The number of carbonyl (C=O) groups excluding carboxylic acids is 1. The van der Waals surface area contributed by atoms with E-state index in [4.69, 9.17) is 9.47 Å². The summed E-state index contributed by atoms with van der Waals surface area (Å²) in [5, 5.41) is 6.70. The van der Waals surface area contributed by atoms with Crippen LogP contribution in [-0.2, 0) is 4.74 Å². The summed E-state index contributed by atoms with van der Waals surface area (Å²) in [6, 6.07) is 14.9.